The first-order valence-corrected chi connectivity index (χ1v) is 12.4. The summed E-state index contributed by atoms with van der Waals surface area (Å²) >= 11 is 12.2. The Labute approximate surface area is 110 Å². The van der Waals surface area contributed by atoms with Gasteiger partial charge in [-0.1, -0.05) is 0 Å². The van der Waals surface area contributed by atoms with Gasteiger partial charge >= 0.3 is 28.0 Å². The zero-order valence-corrected chi connectivity index (χ0v) is 13.4. The summed E-state index contributed by atoms with van der Waals surface area (Å²) in [4.78, 5) is 52.3. The van der Waals surface area contributed by atoms with Crippen molar-refractivity contribution in [3.05, 3.63) is 0 Å². The summed E-state index contributed by atoms with van der Waals surface area (Å²) in [6, 6.07) is 0. The third kappa shape index (κ3) is 11.4. The fourth-order valence-corrected chi connectivity index (χ4v) is 9.22. The van der Waals surface area contributed by atoms with Crippen molar-refractivity contribution < 1.29 is 46.9 Å². The molecule has 0 aromatic carbocycles. The number of hydrogen-bond donors (Lipinski definition) is 6. The van der Waals surface area contributed by atoms with Crippen LogP contribution in [0.5, 0.6) is 0 Å². The minimum atomic E-state index is -5.19. The Bertz CT molecular complexity index is 412. The second kappa shape index (κ2) is 6.07. The first-order chi connectivity index (χ1) is 7.12. The molecule has 0 spiro atoms. The molecule has 0 fully saturated rings. The van der Waals surface area contributed by atoms with Gasteiger partial charge in [-0.25, -0.2) is 17.5 Å². The van der Waals surface area contributed by atoms with Crippen LogP contribution in [-0.2, 0) is 52.9 Å². The second-order valence-electron chi connectivity index (χ2n) is 2.16. The van der Waals surface area contributed by atoms with Gasteiger partial charge in [-0.05, 0) is 35.4 Å². The Morgan fingerprint density at radius 3 is 1.35 bits per heavy atom. The molecule has 10 nitrogen and oxygen atoms in total. The third-order valence-corrected chi connectivity index (χ3v) is 8.63. The van der Waals surface area contributed by atoms with Crippen LogP contribution in [0.15, 0.2) is 0 Å². The monoisotopic (exact) mass is 386 g/mol. The molecule has 0 saturated carbocycles. The quantitative estimate of drug-likeness (QED) is 0.332. The van der Waals surface area contributed by atoms with E-state index < -0.39 is 28.0 Å². The van der Waals surface area contributed by atoms with E-state index in [0.29, 0.717) is 0 Å². The summed E-state index contributed by atoms with van der Waals surface area (Å²) in [6.07, 6.45) is 0. The van der Waals surface area contributed by atoms with Gasteiger partial charge in [0.15, 0.2) is 0 Å². The lowest BCUT2D eigenvalue weighted by Gasteiger charge is -2.22. The zero-order chi connectivity index (χ0) is 14.1. The second-order valence-corrected chi connectivity index (χ2v) is 12.2. The maximum absolute atomic E-state index is 10.4. The fourth-order valence-electron chi connectivity index (χ4n) is 0.429. The van der Waals surface area contributed by atoms with Gasteiger partial charge in [-0.2, -0.15) is 0 Å². The molecule has 0 aliphatic heterocycles. The van der Waals surface area contributed by atoms with E-state index in [4.69, 9.17) is 24.5 Å². The van der Waals surface area contributed by atoms with Crippen molar-refractivity contribution in [2.75, 3.05) is 0 Å². The minimum Gasteiger partial charge on any atom is -0.324 e. The number of hydrogen-bond acceptors (Lipinski definition) is 7. The van der Waals surface area contributed by atoms with Gasteiger partial charge in [0.1, 0.15) is 0 Å². The summed E-state index contributed by atoms with van der Waals surface area (Å²) in [5.41, 5.74) is 0. The van der Waals surface area contributed by atoms with Gasteiger partial charge in [0, 0.05) is 0 Å². The molecule has 0 aromatic rings. The van der Waals surface area contributed by atoms with Crippen LogP contribution in [0.4, 0.5) is 0 Å². The molecular weight excluding hydrogens is 380 g/mol. The van der Waals surface area contributed by atoms with Crippen molar-refractivity contribution in [2.45, 2.75) is 0 Å². The van der Waals surface area contributed by atoms with Crippen molar-refractivity contribution in [3.63, 3.8) is 0 Å². The normalized spacial score (nSPS) is 20.6. The summed E-state index contributed by atoms with van der Waals surface area (Å²) in [5.74, 6) is 0. The molecule has 6 N–H and O–H groups in total. The summed E-state index contributed by atoms with van der Waals surface area (Å²) < 4.78 is 22.0. The molecule has 17 heavy (non-hydrogen) atoms. The Balaban J connectivity index is 4.84. The van der Waals surface area contributed by atoms with Gasteiger partial charge in [-0.3, -0.25) is 0 Å². The van der Waals surface area contributed by atoms with Crippen LogP contribution in [0.25, 0.3) is 0 Å². The Morgan fingerprint density at radius 1 is 0.706 bits per heavy atom. The molecule has 0 amide bonds. The van der Waals surface area contributed by atoms with Crippen molar-refractivity contribution >= 4 is 63.4 Å². The highest BCUT2D eigenvalue weighted by Crippen LogP contribution is 2.70. The van der Waals surface area contributed by atoms with Gasteiger partial charge in [-0.15, -0.1) is 0 Å². The van der Waals surface area contributed by atoms with Crippen molar-refractivity contribution in [2.24, 2.45) is 0 Å². The molecule has 104 valence electrons. The number of phosphoric acid groups is 1. The van der Waals surface area contributed by atoms with Crippen molar-refractivity contribution in [1.82, 2.24) is 0 Å². The van der Waals surface area contributed by atoms with Crippen LogP contribution >= 0.6 is 28.0 Å². The molecule has 17 heteroatoms. The zero-order valence-electron chi connectivity index (χ0n) is 7.33. The summed E-state index contributed by atoms with van der Waals surface area (Å²) in [6.45, 7) is -13.6. The van der Waals surface area contributed by atoms with Crippen molar-refractivity contribution in [3.8, 4) is 0 Å². The predicted octanol–water partition coefficient (Wildman–Crippen LogP) is -0.228. The largest absolute Gasteiger partial charge is 0.476 e. The van der Waals surface area contributed by atoms with E-state index in [1.165, 1.54) is 0 Å². The molecule has 2 unspecified atom stereocenters. The first kappa shape index (κ1) is 18.8. The Morgan fingerprint density at radius 2 is 1.06 bits per heavy atom. The van der Waals surface area contributed by atoms with E-state index >= 15 is 0 Å². The number of rotatable bonds is 6. The fraction of sp³-hybridized carbons (Fsp3) is 0. The van der Waals surface area contributed by atoms with Gasteiger partial charge in [0.05, 0.1) is 0 Å². The lowest BCUT2D eigenvalue weighted by atomic mass is 15.7. The highest BCUT2D eigenvalue weighted by atomic mass is 32.5. The highest BCUT2D eigenvalue weighted by Gasteiger charge is 2.36. The molecule has 0 saturated heterocycles. The smallest absolute Gasteiger partial charge is 0.324 e. The molecule has 0 rings (SSSR count). The van der Waals surface area contributed by atoms with E-state index in [-0.39, 0.29) is 0 Å². The first-order valence-electron chi connectivity index (χ1n) is 3.03. The standard InChI is InChI=1S/H6O10P4S3/c1-11(2,3)8-13(6,16)10-14(7,17)9-12(4,5)15/h(H,6,16)(H,7,17)(H2,1,2,3)(H2,4,5,15). The lowest BCUT2D eigenvalue weighted by molar-refractivity contribution is 0.253. The van der Waals surface area contributed by atoms with E-state index in [0.717, 1.165) is 0 Å². The maximum Gasteiger partial charge on any atom is 0.476 e. The molecule has 2 atom stereocenters. The molecular formula is H6O10P4S3. The third-order valence-electron chi connectivity index (χ3n) is 0.625. The van der Waals surface area contributed by atoms with Crippen molar-refractivity contribution in [1.29, 1.82) is 0 Å². The predicted molar refractivity (Wildman–Crippen MR) is 67.0 cm³/mol. The minimum absolute atomic E-state index is 3.64. The van der Waals surface area contributed by atoms with Gasteiger partial charge in [0.25, 0.3) is 0 Å². The van der Waals surface area contributed by atoms with Crippen LogP contribution in [0, 0.1) is 0 Å². The van der Waals surface area contributed by atoms with E-state index in [1.807, 2.05) is 0 Å². The van der Waals surface area contributed by atoms with E-state index in [2.05, 4.69) is 48.4 Å². The average Bonchev–Trinajstić information content (AvgIpc) is 1.65. The van der Waals surface area contributed by atoms with Gasteiger partial charge < -0.3 is 29.4 Å². The average molecular weight is 386 g/mol. The van der Waals surface area contributed by atoms with Crippen LogP contribution < -0.4 is 0 Å². The van der Waals surface area contributed by atoms with Gasteiger partial charge in [0.2, 0.25) is 0 Å². The Hall–Kier alpha value is 1.82. The highest BCUT2D eigenvalue weighted by molar-refractivity contribution is 8.17. The maximum atomic E-state index is 10.4. The van der Waals surface area contributed by atoms with Crippen LogP contribution in [0.2, 0.25) is 0 Å². The molecule has 0 aromatic heterocycles. The molecule has 0 radical (unpaired) electrons. The summed E-state index contributed by atoms with van der Waals surface area (Å²) in [5, 5.41) is 0. The SMILES string of the molecule is O=P(O)(O)OP(O)(=S)OP(O)(=S)OP(O)(O)=S. The summed E-state index contributed by atoms with van der Waals surface area (Å²) in [7, 11) is -5.19. The van der Waals surface area contributed by atoms with Crippen LogP contribution in [0.3, 0.4) is 0 Å². The van der Waals surface area contributed by atoms with E-state index in [9.17, 15) is 9.46 Å². The molecule has 0 aliphatic rings. The lowest BCUT2D eigenvalue weighted by Crippen LogP contribution is -1.94. The molecule has 0 aliphatic carbocycles. The Kier molecular flexibility index (Phi) is 6.72. The molecule has 0 heterocycles. The molecule has 0 bridgehead atoms. The van der Waals surface area contributed by atoms with Crippen LogP contribution in [0.1, 0.15) is 0 Å². The van der Waals surface area contributed by atoms with E-state index in [1.54, 1.807) is 0 Å². The van der Waals surface area contributed by atoms with Crippen LogP contribution in [-0.4, -0.2) is 29.4 Å². The topological polar surface area (TPSA) is 166 Å².